The Bertz CT molecular complexity index is 1190. The van der Waals surface area contributed by atoms with E-state index in [4.69, 9.17) is 39.5 Å². The molecular weight excluding hydrogens is 549 g/mol. The molecule has 1 atom stereocenters. The van der Waals surface area contributed by atoms with Crippen molar-refractivity contribution in [3.05, 3.63) is 57.0 Å². The van der Waals surface area contributed by atoms with Crippen LogP contribution >= 0.6 is 34.8 Å². The molecule has 2 amide bonds. The molecule has 8 nitrogen and oxygen atoms in total. The van der Waals surface area contributed by atoms with Gasteiger partial charge in [-0.3, -0.25) is 13.9 Å². The summed E-state index contributed by atoms with van der Waals surface area (Å²) < 4.78 is 31.8. The van der Waals surface area contributed by atoms with Crippen LogP contribution in [0.1, 0.15) is 32.3 Å². The van der Waals surface area contributed by atoms with Gasteiger partial charge in [-0.05, 0) is 48.7 Å². The van der Waals surface area contributed by atoms with Crippen molar-refractivity contribution < 1.29 is 22.7 Å². The maximum atomic E-state index is 13.7. The number of rotatable bonds is 12. The first-order chi connectivity index (χ1) is 16.9. The smallest absolute Gasteiger partial charge is 0.244 e. The summed E-state index contributed by atoms with van der Waals surface area (Å²) in [5.41, 5.74) is 0.663. The van der Waals surface area contributed by atoms with E-state index in [1.807, 2.05) is 6.92 Å². The zero-order chi connectivity index (χ0) is 27.0. The minimum absolute atomic E-state index is 0.0306. The molecule has 0 aromatic heterocycles. The van der Waals surface area contributed by atoms with E-state index in [1.165, 1.54) is 24.1 Å². The predicted molar refractivity (Wildman–Crippen MR) is 145 cm³/mol. The summed E-state index contributed by atoms with van der Waals surface area (Å²) in [6.45, 7) is 3.51. The number of anilines is 1. The summed E-state index contributed by atoms with van der Waals surface area (Å²) in [6, 6.07) is 8.43. The molecule has 0 fully saturated rings. The molecule has 0 spiro atoms. The number of nitrogens with one attached hydrogen (secondary N) is 1. The molecule has 0 radical (unpaired) electrons. The maximum Gasteiger partial charge on any atom is 0.244 e. The van der Waals surface area contributed by atoms with E-state index in [0.29, 0.717) is 28.6 Å². The molecule has 1 N–H and O–H groups in total. The Morgan fingerprint density at radius 2 is 1.69 bits per heavy atom. The lowest BCUT2D eigenvalue weighted by atomic mass is 10.1. The second kappa shape index (κ2) is 13.4. The van der Waals surface area contributed by atoms with E-state index in [0.717, 1.165) is 17.0 Å². The largest absolute Gasteiger partial charge is 0.495 e. The number of hydrogen-bond donors (Lipinski definition) is 1. The summed E-state index contributed by atoms with van der Waals surface area (Å²) in [5, 5.41) is 3.82. The lowest BCUT2D eigenvalue weighted by Crippen LogP contribution is -2.52. The third kappa shape index (κ3) is 7.90. The molecule has 0 bridgehead atoms. The van der Waals surface area contributed by atoms with Crippen molar-refractivity contribution >= 4 is 62.3 Å². The minimum atomic E-state index is -3.95. The van der Waals surface area contributed by atoms with Gasteiger partial charge in [0, 0.05) is 28.2 Å². The highest BCUT2D eigenvalue weighted by Crippen LogP contribution is 2.33. The number of amides is 2. The van der Waals surface area contributed by atoms with E-state index < -0.39 is 28.5 Å². The van der Waals surface area contributed by atoms with Crippen molar-refractivity contribution in [3.8, 4) is 5.75 Å². The average Bonchev–Trinajstić information content (AvgIpc) is 2.81. The van der Waals surface area contributed by atoms with E-state index in [-0.39, 0.29) is 28.9 Å². The molecule has 12 heteroatoms. The van der Waals surface area contributed by atoms with Gasteiger partial charge in [-0.25, -0.2) is 8.42 Å². The minimum Gasteiger partial charge on any atom is -0.495 e. The van der Waals surface area contributed by atoms with E-state index in [9.17, 15) is 18.0 Å². The molecule has 0 aliphatic rings. The third-order valence-electron chi connectivity index (χ3n) is 5.38. The Kier molecular flexibility index (Phi) is 11.2. The van der Waals surface area contributed by atoms with Crippen molar-refractivity contribution in [1.29, 1.82) is 0 Å². The number of carbonyl (C=O) groups excluding carboxylic acids is 2. The number of nitrogens with zero attached hydrogens (tertiary/aromatic N) is 2. The molecule has 0 saturated carbocycles. The number of methoxy groups -OCH3 is 1. The lowest BCUT2D eigenvalue weighted by Gasteiger charge is -2.33. The number of hydrogen-bond acceptors (Lipinski definition) is 5. The van der Waals surface area contributed by atoms with Crippen LogP contribution in [0.15, 0.2) is 36.4 Å². The zero-order valence-corrected chi connectivity index (χ0v) is 23.6. The van der Waals surface area contributed by atoms with Gasteiger partial charge in [-0.15, -0.1) is 0 Å². The summed E-state index contributed by atoms with van der Waals surface area (Å²) in [7, 11) is -2.56. The highest BCUT2D eigenvalue weighted by molar-refractivity contribution is 7.92. The molecule has 2 aromatic rings. The number of benzene rings is 2. The van der Waals surface area contributed by atoms with Crippen LogP contribution in [-0.4, -0.2) is 57.6 Å². The second-order valence-electron chi connectivity index (χ2n) is 8.06. The summed E-state index contributed by atoms with van der Waals surface area (Å²) in [6.07, 6.45) is 1.99. The quantitative estimate of drug-likeness (QED) is 0.392. The zero-order valence-electron chi connectivity index (χ0n) is 20.6. The number of carbonyl (C=O) groups is 2. The van der Waals surface area contributed by atoms with Gasteiger partial charge in [0.25, 0.3) is 0 Å². The molecular formula is C24H30Cl3N3O5S. The van der Waals surface area contributed by atoms with Crippen molar-refractivity contribution in [2.75, 3.05) is 30.8 Å². The van der Waals surface area contributed by atoms with Gasteiger partial charge >= 0.3 is 0 Å². The fraction of sp³-hybridized carbons (Fsp3) is 0.417. The molecule has 0 heterocycles. The fourth-order valence-corrected chi connectivity index (χ4v) is 5.05. The highest BCUT2D eigenvalue weighted by atomic mass is 35.5. The van der Waals surface area contributed by atoms with Gasteiger partial charge in [0.2, 0.25) is 21.8 Å². The molecule has 0 aliphatic heterocycles. The van der Waals surface area contributed by atoms with Crippen molar-refractivity contribution in [1.82, 2.24) is 10.2 Å². The number of ether oxygens (including phenoxy) is 1. The highest BCUT2D eigenvalue weighted by Gasteiger charge is 2.33. The standard InChI is InChI=1S/C24H30Cl3N3O5S/c1-5-11-28-24(32)20(6-2)29(14-16-7-8-17(25)12-19(16)27)23(31)15-30(36(4,33)34)21-13-18(26)9-10-22(21)35-3/h7-10,12-13,20H,5-6,11,14-15H2,1-4H3,(H,28,32). The van der Waals surface area contributed by atoms with Crippen LogP contribution in [0.25, 0.3) is 0 Å². The number of sulfonamides is 1. The van der Waals surface area contributed by atoms with Crippen molar-refractivity contribution in [2.45, 2.75) is 39.3 Å². The SMILES string of the molecule is CCCNC(=O)C(CC)N(Cc1ccc(Cl)cc1Cl)C(=O)CN(c1cc(Cl)ccc1OC)S(C)(=O)=O. The Morgan fingerprint density at radius 3 is 2.25 bits per heavy atom. The summed E-state index contributed by atoms with van der Waals surface area (Å²) in [4.78, 5) is 28.0. The van der Waals surface area contributed by atoms with Crippen LogP contribution in [-0.2, 0) is 26.2 Å². The van der Waals surface area contributed by atoms with Gasteiger partial charge in [-0.2, -0.15) is 0 Å². The van der Waals surface area contributed by atoms with Crippen LogP contribution < -0.4 is 14.4 Å². The Balaban J connectivity index is 2.53. The average molecular weight is 579 g/mol. The van der Waals surface area contributed by atoms with E-state index in [1.54, 1.807) is 31.2 Å². The second-order valence-corrected chi connectivity index (χ2v) is 11.2. The summed E-state index contributed by atoms with van der Waals surface area (Å²) in [5.74, 6) is -0.728. The van der Waals surface area contributed by atoms with Gasteiger partial charge in [0.05, 0.1) is 19.1 Å². The first kappa shape index (κ1) is 30.0. The van der Waals surface area contributed by atoms with Crippen LogP contribution in [0.3, 0.4) is 0 Å². The van der Waals surface area contributed by atoms with Crippen LogP contribution in [0, 0.1) is 0 Å². The first-order valence-electron chi connectivity index (χ1n) is 11.2. The van der Waals surface area contributed by atoms with Gasteiger partial charge in [0.1, 0.15) is 18.3 Å². The summed E-state index contributed by atoms with van der Waals surface area (Å²) >= 11 is 18.5. The fourth-order valence-electron chi connectivity index (χ4n) is 3.57. The van der Waals surface area contributed by atoms with E-state index in [2.05, 4.69) is 5.32 Å². The Morgan fingerprint density at radius 1 is 1.06 bits per heavy atom. The van der Waals surface area contributed by atoms with Gasteiger partial charge in [-0.1, -0.05) is 54.7 Å². The molecule has 0 saturated heterocycles. The monoisotopic (exact) mass is 577 g/mol. The van der Waals surface area contributed by atoms with Gasteiger partial charge in [0.15, 0.2) is 0 Å². The topological polar surface area (TPSA) is 96.0 Å². The van der Waals surface area contributed by atoms with Gasteiger partial charge < -0.3 is 15.0 Å². The van der Waals surface area contributed by atoms with Crippen LogP contribution in [0.4, 0.5) is 5.69 Å². The van der Waals surface area contributed by atoms with Crippen molar-refractivity contribution in [2.24, 2.45) is 0 Å². The molecule has 198 valence electrons. The van der Waals surface area contributed by atoms with Crippen LogP contribution in [0.2, 0.25) is 15.1 Å². The first-order valence-corrected chi connectivity index (χ1v) is 14.2. The molecule has 1 unspecified atom stereocenters. The number of halogens is 3. The Labute approximate surface area is 227 Å². The van der Waals surface area contributed by atoms with E-state index >= 15 is 0 Å². The molecule has 36 heavy (non-hydrogen) atoms. The van der Waals surface area contributed by atoms with Crippen LogP contribution in [0.5, 0.6) is 5.75 Å². The maximum absolute atomic E-state index is 13.7. The predicted octanol–water partition coefficient (Wildman–Crippen LogP) is 4.76. The lowest BCUT2D eigenvalue weighted by molar-refractivity contribution is -0.140. The molecule has 2 aromatic carbocycles. The third-order valence-corrected chi connectivity index (χ3v) is 7.33. The molecule has 2 rings (SSSR count). The normalized spacial score (nSPS) is 12.1. The van der Waals surface area contributed by atoms with Crippen molar-refractivity contribution in [3.63, 3.8) is 0 Å². The Hall–Kier alpha value is -2.20. The molecule has 0 aliphatic carbocycles.